The molecule has 4 aliphatic rings. The fraction of sp³-hybridized carbons (Fsp3) is 0.486. The van der Waals surface area contributed by atoms with Gasteiger partial charge in [0, 0.05) is 49.5 Å². The highest BCUT2D eigenvalue weighted by Crippen LogP contribution is 2.46. The zero-order valence-electron chi connectivity index (χ0n) is 28.3. The number of benzene rings is 1. The van der Waals surface area contributed by atoms with Gasteiger partial charge in [0.05, 0.1) is 29.8 Å². The van der Waals surface area contributed by atoms with Crippen molar-refractivity contribution in [2.75, 3.05) is 27.2 Å². The number of hydrogen-bond donors (Lipinski definition) is 2. The zero-order valence-corrected chi connectivity index (χ0v) is 29.1. The van der Waals surface area contributed by atoms with Gasteiger partial charge in [0.15, 0.2) is 5.82 Å². The number of methoxy groups -OCH3 is 1. The van der Waals surface area contributed by atoms with E-state index in [-0.39, 0.29) is 31.3 Å². The topological polar surface area (TPSA) is 173 Å². The monoisotopic (exact) mass is 703 g/mol. The number of hydrogen-bond acceptors (Lipinski definition) is 10. The molecule has 14 nitrogen and oxygen atoms in total. The smallest absolute Gasteiger partial charge is 0.320 e. The van der Waals surface area contributed by atoms with E-state index in [0.717, 1.165) is 30.4 Å². The third-order valence-electron chi connectivity index (χ3n) is 10.1. The van der Waals surface area contributed by atoms with E-state index in [1.54, 1.807) is 43.6 Å². The molecule has 0 spiro atoms. The first-order valence-corrected chi connectivity index (χ1v) is 18.5. The second-order valence-electron chi connectivity index (χ2n) is 13.6. The zero-order chi connectivity index (χ0) is 35.2. The van der Waals surface area contributed by atoms with Crippen LogP contribution in [0.25, 0.3) is 22.3 Å². The number of nitrogens with one attached hydrogen (secondary N) is 2. The van der Waals surface area contributed by atoms with Crippen molar-refractivity contribution in [3.63, 3.8) is 0 Å². The minimum atomic E-state index is -3.84. The Labute approximate surface area is 290 Å². The molecule has 2 aliphatic heterocycles. The second-order valence-corrected chi connectivity index (χ2v) is 15.6. The summed E-state index contributed by atoms with van der Waals surface area (Å²) in [6, 6.07) is 5.91. The summed E-state index contributed by atoms with van der Waals surface area (Å²) in [5.74, 6) is -0.307. The van der Waals surface area contributed by atoms with Crippen LogP contribution in [-0.4, -0.2) is 101 Å². The van der Waals surface area contributed by atoms with Crippen LogP contribution in [0.3, 0.4) is 0 Å². The van der Waals surface area contributed by atoms with Crippen molar-refractivity contribution in [3.05, 3.63) is 54.4 Å². The molecule has 0 radical (unpaired) electrons. The average molecular weight is 704 g/mol. The van der Waals surface area contributed by atoms with E-state index in [9.17, 15) is 22.8 Å². The van der Waals surface area contributed by atoms with Crippen LogP contribution < -0.4 is 19.5 Å². The van der Waals surface area contributed by atoms with Crippen molar-refractivity contribution in [1.29, 1.82) is 0 Å². The molecule has 264 valence electrons. The van der Waals surface area contributed by atoms with Crippen LogP contribution in [0.1, 0.15) is 50.5 Å². The molecule has 1 saturated heterocycles. The van der Waals surface area contributed by atoms with E-state index in [4.69, 9.17) is 19.4 Å². The number of aryl methyl sites for hydroxylation is 1. The number of fused-ring (bicyclic) bond motifs is 3. The van der Waals surface area contributed by atoms with E-state index in [0.29, 0.717) is 47.7 Å². The van der Waals surface area contributed by atoms with Crippen LogP contribution in [0, 0.1) is 12.8 Å². The normalized spacial score (nSPS) is 26.3. The van der Waals surface area contributed by atoms with Gasteiger partial charge in [-0.15, -0.1) is 0 Å². The Morgan fingerprint density at radius 2 is 1.88 bits per heavy atom. The number of urea groups is 1. The maximum Gasteiger partial charge on any atom is 0.320 e. The van der Waals surface area contributed by atoms with Gasteiger partial charge in [-0.25, -0.2) is 18.2 Å². The van der Waals surface area contributed by atoms with Gasteiger partial charge in [0.1, 0.15) is 23.4 Å². The lowest BCUT2D eigenvalue weighted by Gasteiger charge is -2.30. The van der Waals surface area contributed by atoms with Crippen molar-refractivity contribution in [1.82, 2.24) is 34.8 Å². The third-order valence-corrected chi connectivity index (χ3v) is 11.9. The number of rotatable bonds is 7. The number of allylic oxidation sites excluding steroid dienone is 1. The summed E-state index contributed by atoms with van der Waals surface area (Å²) in [4.78, 5) is 58.4. The molecule has 4 atom stereocenters. The van der Waals surface area contributed by atoms with Crippen LogP contribution in [0.5, 0.6) is 11.6 Å². The summed E-state index contributed by atoms with van der Waals surface area (Å²) in [6.07, 6.45) is 10.2. The summed E-state index contributed by atoms with van der Waals surface area (Å²) in [6.45, 7) is 2.50. The Bertz CT molecular complexity index is 1970. The van der Waals surface area contributed by atoms with Gasteiger partial charge in [0.25, 0.3) is 5.91 Å². The second kappa shape index (κ2) is 13.2. The molecule has 1 aromatic carbocycles. The molecular weight excluding hydrogens is 662 g/mol. The lowest BCUT2D eigenvalue weighted by molar-refractivity contribution is -0.131. The van der Waals surface area contributed by atoms with Gasteiger partial charge in [0.2, 0.25) is 21.8 Å². The highest BCUT2D eigenvalue weighted by molar-refractivity contribution is 7.91. The average Bonchev–Trinajstić information content (AvgIpc) is 4.03. The van der Waals surface area contributed by atoms with Crippen LogP contribution in [-0.2, 0) is 19.6 Å². The van der Waals surface area contributed by atoms with Gasteiger partial charge in [-0.2, -0.15) is 4.98 Å². The molecule has 7 rings (SSSR count). The van der Waals surface area contributed by atoms with E-state index >= 15 is 0 Å². The Morgan fingerprint density at radius 1 is 1.10 bits per heavy atom. The van der Waals surface area contributed by atoms with E-state index < -0.39 is 44.8 Å². The fourth-order valence-corrected chi connectivity index (χ4v) is 8.24. The molecule has 15 heteroatoms. The van der Waals surface area contributed by atoms with Crippen LogP contribution in [0.4, 0.5) is 4.79 Å². The van der Waals surface area contributed by atoms with Crippen LogP contribution >= 0.6 is 0 Å². The number of carbonyl (C=O) groups excluding carboxylic acids is 3. The molecule has 3 fully saturated rings. The molecule has 2 aromatic heterocycles. The summed E-state index contributed by atoms with van der Waals surface area (Å²) in [5.41, 5.74) is 0.729. The van der Waals surface area contributed by atoms with Gasteiger partial charge in [-0.3, -0.25) is 19.3 Å². The number of carbonyl (C=O) groups is 3. The molecule has 50 heavy (non-hydrogen) atoms. The molecule has 3 aromatic rings. The van der Waals surface area contributed by atoms with Crippen LogP contribution in [0.2, 0.25) is 0 Å². The standard InChI is InChI=1S/C35H41N7O7S/c1-21-28(48-3)12-11-26-29(21)37-30(22-13-15-36-16-14-22)38-32(26)49-24-18-27-31(43)39-35(33(44)40-50(46,47)25-9-10-25)19-23(35)8-6-4-5-7-17-41(2)34(45)42(27)20-24/h6,8,11-16,23-25,27H,4-5,7,9-10,17-20H2,1-3H3,(H,39,43)(H,40,44)/b8-6-. The molecular formula is C35H41N7O7S. The maximum absolute atomic E-state index is 14.2. The van der Waals surface area contributed by atoms with Gasteiger partial charge < -0.3 is 24.6 Å². The lowest BCUT2D eigenvalue weighted by Crippen LogP contribution is -2.57. The van der Waals surface area contributed by atoms with Crippen LogP contribution in [0.15, 0.2) is 48.8 Å². The lowest BCUT2D eigenvalue weighted by atomic mass is 10.1. The maximum atomic E-state index is 14.2. The Morgan fingerprint density at radius 3 is 2.62 bits per heavy atom. The van der Waals surface area contributed by atoms with Crippen molar-refractivity contribution in [2.24, 2.45) is 5.92 Å². The van der Waals surface area contributed by atoms with Crippen molar-refractivity contribution in [3.8, 4) is 23.0 Å². The highest BCUT2D eigenvalue weighted by Gasteiger charge is 2.62. The van der Waals surface area contributed by atoms with Crippen molar-refractivity contribution in [2.45, 2.75) is 74.8 Å². The summed E-state index contributed by atoms with van der Waals surface area (Å²) >= 11 is 0. The highest BCUT2D eigenvalue weighted by atomic mass is 32.2. The summed E-state index contributed by atoms with van der Waals surface area (Å²) < 4.78 is 39.8. The number of nitrogens with zero attached hydrogens (tertiary/aromatic N) is 5. The summed E-state index contributed by atoms with van der Waals surface area (Å²) in [5, 5.41) is 2.94. The molecule has 4 heterocycles. The molecule has 2 N–H and O–H groups in total. The van der Waals surface area contributed by atoms with Crippen molar-refractivity contribution < 1.29 is 32.3 Å². The fourth-order valence-electron chi connectivity index (χ4n) is 6.88. The minimum absolute atomic E-state index is 0.0884. The number of amides is 4. The first-order chi connectivity index (χ1) is 24.0. The number of sulfonamides is 1. The quantitative estimate of drug-likeness (QED) is 0.348. The molecule has 2 saturated carbocycles. The molecule has 4 unspecified atom stereocenters. The van der Waals surface area contributed by atoms with E-state index in [2.05, 4.69) is 15.0 Å². The number of aromatic nitrogens is 3. The van der Waals surface area contributed by atoms with Gasteiger partial charge in [-0.05, 0) is 69.7 Å². The van der Waals surface area contributed by atoms with Crippen molar-refractivity contribution >= 4 is 38.8 Å². The van der Waals surface area contributed by atoms with Gasteiger partial charge >= 0.3 is 6.03 Å². The van der Waals surface area contributed by atoms with Gasteiger partial charge in [-0.1, -0.05) is 12.2 Å². The first kappa shape index (κ1) is 33.7. The largest absolute Gasteiger partial charge is 0.496 e. The Kier molecular flexibility index (Phi) is 8.87. The SMILES string of the molecule is COc1ccc2c(OC3CC4C(=O)NC5(C(=O)NS(=O)(=O)C6CC6)CC5/C=C\CCCCN(C)C(=O)N4C3)nc(-c3ccncc3)nc2c1C. The predicted octanol–water partition coefficient (Wildman–Crippen LogP) is 3.11. The third kappa shape index (κ3) is 6.45. The summed E-state index contributed by atoms with van der Waals surface area (Å²) in [7, 11) is -0.546. The molecule has 0 bridgehead atoms. The first-order valence-electron chi connectivity index (χ1n) is 17.0. The number of ether oxygens (including phenoxy) is 2. The molecule has 4 amide bonds. The Balaban J connectivity index is 1.21. The van der Waals surface area contributed by atoms with E-state index in [1.807, 2.05) is 31.2 Å². The predicted molar refractivity (Wildman–Crippen MR) is 184 cm³/mol. The molecule has 2 aliphatic carbocycles. The number of pyridine rings is 1. The minimum Gasteiger partial charge on any atom is -0.496 e. The Hall–Kier alpha value is -4.79. The van der Waals surface area contributed by atoms with E-state index in [1.165, 1.54) is 4.90 Å².